The summed E-state index contributed by atoms with van der Waals surface area (Å²) in [4.78, 5) is 5.03. The third kappa shape index (κ3) is 4.23. The zero-order chi connectivity index (χ0) is 21.8. The van der Waals surface area contributed by atoms with Crippen LogP contribution in [-0.2, 0) is 24.5 Å². The molecule has 160 valence electrons. The molecule has 0 aliphatic rings. The van der Waals surface area contributed by atoms with Crippen molar-refractivity contribution in [3.63, 3.8) is 0 Å². The molecule has 3 aromatic carbocycles. The number of hydrogen-bond acceptors (Lipinski definition) is 5. The normalized spacial score (nSPS) is 11.4. The molecule has 5 aromatic rings. The minimum Gasteiger partial charge on any atom is -0.396 e. The first-order chi connectivity index (χ1) is 15.8. The first kappa shape index (κ1) is 20.3. The fourth-order valence-electron chi connectivity index (χ4n) is 3.92. The summed E-state index contributed by atoms with van der Waals surface area (Å²) in [6.07, 6.45) is 2.52. The van der Waals surface area contributed by atoms with E-state index in [2.05, 4.69) is 58.8 Å². The Labute approximate surface area is 186 Å². The highest BCUT2D eigenvalue weighted by Gasteiger charge is 2.11. The second kappa shape index (κ2) is 9.26. The van der Waals surface area contributed by atoms with E-state index in [1.807, 2.05) is 30.5 Å². The van der Waals surface area contributed by atoms with Gasteiger partial charge >= 0.3 is 0 Å². The van der Waals surface area contributed by atoms with E-state index in [-0.39, 0.29) is 6.61 Å². The maximum Gasteiger partial charge on any atom is 0.108 e. The van der Waals surface area contributed by atoms with Gasteiger partial charge in [0, 0.05) is 29.5 Å². The molecule has 0 unspecified atom stereocenters. The van der Waals surface area contributed by atoms with E-state index in [4.69, 9.17) is 14.8 Å². The van der Waals surface area contributed by atoms with Gasteiger partial charge in [-0.25, -0.2) is 4.98 Å². The minimum absolute atomic E-state index is 0.138. The van der Waals surface area contributed by atoms with Crippen molar-refractivity contribution in [1.29, 1.82) is 0 Å². The third-order valence-corrected chi connectivity index (χ3v) is 5.50. The average molecular weight is 425 g/mol. The molecule has 0 spiro atoms. The highest BCUT2D eigenvalue weighted by Crippen LogP contribution is 2.30. The SMILES string of the molecule is OCCCn1cc(COCc2cc(-c3ccccc3)nc3c2ccc2ccccc23)nn1. The molecule has 1 N–H and O–H groups in total. The number of aliphatic hydroxyl groups excluding tert-OH is 1. The Morgan fingerprint density at radius 3 is 2.59 bits per heavy atom. The first-order valence-corrected chi connectivity index (χ1v) is 10.8. The maximum atomic E-state index is 8.97. The number of aromatic nitrogens is 4. The largest absolute Gasteiger partial charge is 0.396 e. The molecule has 5 rings (SSSR count). The van der Waals surface area contributed by atoms with Gasteiger partial charge in [-0.05, 0) is 23.4 Å². The summed E-state index contributed by atoms with van der Waals surface area (Å²) >= 11 is 0. The number of aliphatic hydroxyl groups is 1. The lowest BCUT2D eigenvalue weighted by atomic mass is 10.0. The smallest absolute Gasteiger partial charge is 0.108 e. The third-order valence-electron chi connectivity index (χ3n) is 5.50. The van der Waals surface area contributed by atoms with Gasteiger partial charge in [0.2, 0.25) is 0 Å². The molecular weight excluding hydrogens is 400 g/mol. The Hall–Kier alpha value is -3.61. The number of fused-ring (bicyclic) bond motifs is 3. The van der Waals surface area contributed by atoms with E-state index in [9.17, 15) is 0 Å². The molecule has 0 radical (unpaired) electrons. The Bertz CT molecular complexity index is 1350. The molecule has 0 atom stereocenters. The van der Waals surface area contributed by atoms with Crippen molar-refractivity contribution in [2.45, 2.75) is 26.2 Å². The van der Waals surface area contributed by atoms with Crippen LogP contribution in [0.1, 0.15) is 17.7 Å². The zero-order valence-electron chi connectivity index (χ0n) is 17.7. The summed E-state index contributed by atoms with van der Waals surface area (Å²) in [6, 6.07) is 24.9. The van der Waals surface area contributed by atoms with Crippen molar-refractivity contribution in [1.82, 2.24) is 20.0 Å². The lowest BCUT2D eigenvalue weighted by Gasteiger charge is -2.12. The Kier molecular flexibility index (Phi) is 5.87. The van der Waals surface area contributed by atoms with Gasteiger partial charge in [0.05, 0.1) is 30.6 Å². The van der Waals surface area contributed by atoms with Gasteiger partial charge in [-0.3, -0.25) is 4.68 Å². The van der Waals surface area contributed by atoms with Crippen LogP contribution in [0.3, 0.4) is 0 Å². The van der Waals surface area contributed by atoms with Crippen LogP contribution in [-0.4, -0.2) is 31.7 Å². The van der Waals surface area contributed by atoms with Gasteiger partial charge in [0.15, 0.2) is 0 Å². The number of nitrogens with zero attached hydrogens (tertiary/aromatic N) is 4. The van der Waals surface area contributed by atoms with Crippen LogP contribution in [0.25, 0.3) is 32.9 Å². The molecule has 0 saturated heterocycles. The van der Waals surface area contributed by atoms with E-state index in [0.717, 1.165) is 38.8 Å². The summed E-state index contributed by atoms with van der Waals surface area (Å²) in [7, 11) is 0. The van der Waals surface area contributed by atoms with Gasteiger partial charge in [-0.1, -0.05) is 71.9 Å². The molecule has 0 bridgehead atoms. The fourth-order valence-corrected chi connectivity index (χ4v) is 3.92. The van der Waals surface area contributed by atoms with Crippen LogP contribution in [0.2, 0.25) is 0 Å². The van der Waals surface area contributed by atoms with E-state index < -0.39 is 0 Å². The quantitative estimate of drug-likeness (QED) is 0.364. The molecule has 0 saturated carbocycles. The number of benzene rings is 3. The van der Waals surface area contributed by atoms with Crippen molar-refractivity contribution in [3.8, 4) is 11.3 Å². The van der Waals surface area contributed by atoms with E-state index in [0.29, 0.717) is 26.2 Å². The Balaban J connectivity index is 1.47. The van der Waals surface area contributed by atoms with Crippen molar-refractivity contribution in [2.75, 3.05) is 6.61 Å². The lowest BCUT2D eigenvalue weighted by molar-refractivity contribution is 0.105. The van der Waals surface area contributed by atoms with E-state index in [1.165, 1.54) is 5.39 Å². The van der Waals surface area contributed by atoms with Crippen molar-refractivity contribution in [3.05, 3.63) is 90.3 Å². The second-order valence-electron chi connectivity index (χ2n) is 7.76. The summed E-state index contributed by atoms with van der Waals surface area (Å²) in [5.41, 5.74) is 4.86. The molecular formula is C26H24N4O2. The van der Waals surface area contributed by atoms with Crippen LogP contribution in [0.15, 0.2) is 79.0 Å². The van der Waals surface area contributed by atoms with Gasteiger partial charge in [0.25, 0.3) is 0 Å². The van der Waals surface area contributed by atoms with Crippen molar-refractivity contribution < 1.29 is 9.84 Å². The highest BCUT2D eigenvalue weighted by molar-refractivity contribution is 6.06. The molecule has 2 heterocycles. The van der Waals surface area contributed by atoms with Crippen LogP contribution in [0.4, 0.5) is 0 Å². The van der Waals surface area contributed by atoms with Crippen LogP contribution in [0.5, 0.6) is 0 Å². The van der Waals surface area contributed by atoms with Gasteiger partial charge < -0.3 is 9.84 Å². The predicted octanol–water partition coefficient (Wildman–Crippen LogP) is 4.75. The molecule has 6 heteroatoms. The van der Waals surface area contributed by atoms with Crippen molar-refractivity contribution >= 4 is 21.7 Å². The van der Waals surface area contributed by atoms with Crippen LogP contribution >= 0.6 is 0 Å². The Morgan fingerprint density at radius 2 is 1.72 bits per heavy atom. The number of aryl methyl sites for hydroxylation is 1. The maximum absolute atomic E-state index is 8.97. The van der Waals surface area contributed by atoms with Gasteiger partial charge in [0.1, 0.15) is 5.69 Å². The average Bonchev–Trinajstić information content (AvgIpc) is 3.30. The summed E-state index contributed by atoms with van der Waals surface area (Å²) < 4.78 is 7.77. The van der Waals surface area contributed by atoms with Gasteiger partial charge in [-0.15, -0.1) is 5.10 Å². The standard InChI is InChI=1S/C26H24N4O2/c31-14-6-13-30-16-22(28-29-30)18-32-17-21-15-25(20-8-2-1-3-9-20)27-26-23-10-5-4-7-19(23)11-12-24(21)26/h1-5,7-12,15-16,31H,6,13-14,17-18H2. The summed E-state index contributed by atoms with van der Waals surface area (Å²) in [5.74, 6) is 0. The van der Waals surface area contributed by atoms with Crippen molar-refractivity contribution in [2.24, 2.45) is 0 Å². The lowest BCUT2D eigenvalue weighted by Crippen LogP contribution is -2.00. The zero-order valence-corrected chi connectivity index (χ0v) is 17.7. The monoisotopic (exact) mass is 424 g/mol. The molecule has 0 fully saturated rings. The predicted molar refractivity (Wildman–Crippen MR) is 125 cm³/mol. The van der Waals surface area contributed by atoms with E-state index in [1.54, 1.807) is 4.68 Å². The van der Waals surface area contributed by atoms with Crippen LogP contribution < -0.4 is 0 Å². The number of hydrogen-bond donors (Lipinski definition) is 1. The molecule has 0 aliphatic heterocycles. The summed E-state index contributed by atoms with van der Waals surface area (Å²) in [6.45, 7) is 1.60. The first-order valence-electron chi connectivity index (χ1n) is 10.8. The molecule has 0 amide bonds. The molecule has 6 nitrogen and oxygen atoms in total. The van der Waals surface area contributed by atoms with Crippen LogP contribution in [0, 0.1) is 0 Å². The number of rotatable bonds is 8. The second-order valence-corrected chi connectivity index (χ2v) is 7.76. The number of ether oxygens (including phenoxy) is 1. The molecule has 32 heavy (non-hydrogen) atoms. The topological polar surface area (TPSA) is 73.1 Å². The molecule has 0 aliphatic carbocycles. The minimum atomic E-state index is 0.138. The van der Waals surface area contributed by atoms with Gasteiger partial charge in [-0.2, -0.15) is 0 Å². The number of pyridine rings is 1. The molecule has 2 aromatic heterocycles. The summed E-state index contributed by atoms with van der Waals surface area (Å²) in [5, 5.41) is 20.6. The van der Waals surface area contributed by atoms with E-state index >= 15 is 0 Å². The highest BCUT2D eigenvalue weighted by atomic mass is 16.5. The Morgan fingerprint density at radius 1 is 0.875 bits per heavy atom. The fraction of sp³-hybridized carbons (Fsp3) is 0.192.